The second-order valence-electron chi connectivity index (χ2n) is 6.20. The van der Waals surface area contributed by atoms with Gasteiger partial charge in [-0.2, -0.15) is 0 Å². The highest BCUT2D eigenvalue weighted by Gasteiger charge is 2.46. The zero-order valence-electron chi connectivity index (χ0n) is 11.0. The predicted octanol–water partition coefficient (Wildman–Crippen LogP) is 3.78. The summed E-state index contributed by atoms with van der Waals surface area (Å²) in [6.45, 7) is 7.51. The van der Waals surface area contributed by atoms with Gasteiger partial charge in [-0.3, -0.25) is 0 Å². The van der Waals surface area contributed by atoms with E-state index in [4.69, 9.17) is 5.11 Å². The van der Waals surface area contributed by atoms with Crippen LogP contribution >= 0.6 is 0 Å². The summed E-state index contributed by atoms with van der Waals surface area (Å²) in [6.07, 6.45) is 8.87. The van der Waals surface area contributed by atoms with Crippen LogP contribution in [-0.2, 0) is 0 Å². The van der Waals surface area contributed by atoms with Crippen molar-refractivity contribution in [3.05, 3.63) is 11.6 Å². The van der Waals surface area contributed by atoms with Crippen LogP contribution in [0, 0.1) is 23.2 Å². The molecule has 0 saturated heterocycles. The summed E-state index contributed by atoms with van der Waals surface area (Å²) in [5.41, 5.74) is 2.10. The summed E-state index contributed by atoms with van der Waals surface area (Å²) in [5.74, 6) is 2.33. The van der Waals surface area contributed by atoms with Crippen LogP contribution < -0.4 is 0 Å². The molecule has 0 aromatic carbocycles. The number of hydrogen-bond acceptors (Lipinski definition) is 1. The Morgan fingerprint density at radius 1 is 1.56 bits per heavy atom. The highest BCUT2D eigenvalue weighted by molar-refractivity contribution is 5.25. The molecule has 2 rings (SSSR count). The fraction of sp³-hybridized carbons (Fsp3) is 0.867. The van der Waals surface area contributed by atoms with Crippen LogP contribution in [0.25, 0.3) is 0 Å². The second-order valence-corrected chi connectivity index (χ2v) is 6.20. The minimum atomic E-state index is 0.328. The van der Waals surface area contributed by atoms with Crippen LogP contribution in [0.2, 0.25) is 0 Å². The first-order valence-electron chi connectivity index (χ1n) is 6.91. The summed E-state index contributed by atoms with van der Waals surface area (Å²) in [4.78, 5) is 0. The first-order valence-corrected chi connectivity index (χ1v) is 6.91. The zero-order chi connectivity index (χ0) is 11.8. The lowest BCUT2D eigenvalue weighted by Gasteiger charge is -2.44. The topological polar surface area (TPSA) is 20.2 Å². The van der Waals surface area contributed by atoms with Crippen molar-refractivity contribution in [2.24, 2.45) is 23.2 Å². The molecule has 0 spiro atoms. The van der Waals surface area contributed by atoms with Crippen LogP contribution in [-0.4, -0.2) is 11.7 Å². The van der Waals surface area contributed by atoms with Crippen molar-refractivity contribution in [1.29, 1.82) is 0 Å². The molecule has 0 unspecified atom stereocenters. The maximum absolute atomic E-state index is 9.10. The van der Waals surface area contributed by atoms with Gasteiger partial charge < -0.3 is 5.11 Å². The second kappa shape index (κ2) is 4.52. The van der Waals surface area contributed by atoms with E-state index in [0.29, 0.717) is 17.9 Å². The molecule has 1 N–H and O–H groups in total. The van der Waals surface area contributed by atoms with E-state index in [0.717, 1.165) is 18.3 Å². The van der Waals surface area contributed by atoms with E-state index in [2.05, 4.69) is 26.8 Å². The normalized spacial score (nSPS) is 40.4. The number of rotatable bonds is 3. The van der Waals surface area contributed by atoms with Crippen LogP contribution in [0.5, 0.6) is 0 Å². The smallest absolute Gasteiger partial charge is 0.0436 e. The molecule has 1 nitrogen and oxygen atoms in total. The van der Waals surface area contributed by atoms with Gasteiger partial charge in [0.05, 0.1) is 0 Å². The molecule has 4 atom stereocenters. The molecule has 0 aromatic heterocycles. The van der Waals surface area contributed by atoms with Gasteiger partial charge in [0.15, 0.2) is 0 Å². The maximum atomic E-state index is 9.10. The third-order valence-electron chi connectivity index (χ3n) is 5.21. The Labute approximate surface area is 99.9 Å². The Morgan fingerprint density at radius 2 is 2.31 bits per heavy atom. The first kappa shape index (κ1) is 12.2. The summed E-state index contributed by atoms with van der Waals surface area (Å²) < 4.78 is 0. The third kappa shape index (κ3) is 1.84. The van der Waals surface area contributed by atoms with E-state index >= 15 is 0 Å². The Kier molecular flexibility index (Phi) is 3.44. The third-order valence-corrected chi connectivity index (χ3v) is 5.21. The zero-order valence-corrected chi connectivity index (χ0v) is 11.0. The number of allylic oxidation sites excluding steroid dienone is 2. The highest BCUT2D eigenvalue weighted by atomic mass is 16.3. The van der Waals surface area contributed by atoms with E-state index in [-0.39, 0.29) is 0 Å². The lowest BCUT2D eigenvalue weighted by atomic mass is 9.60. The van der Waals surface area contributed by atoms with Crippen molar-refractivity contribution >= 4 is 0 Å². The van der Waals surface area contributed by atoms with Gasteiger partial charge in [-0.05, 0) is 42.4 Å². The fourth-order valence-electron chi connectivity index (χ4n) is 4.26. The number of fused-ring (bicyclic) bond motifs is 1. The van der Waals surface area contributed by atoms with Crippen LogP contribution in [0.15, 0.2) is 11.6 Å². The van der Waals surface area contributed by atoms with Crippen molar-refractivity contribution in [3.63, 3.8) is 0 Å². The van der Waals surface area contributed by atoms with E-state index < -0.39 is 0 Å². The van der Waals surface area contributed by atoms with Gasteiger partial charge in [-0.15, -0.1) is 0 Å². The molecular formula is C15H26O. The van der Waals surface area contributed by atoms with Crippen LogP contribution in [0.1, 0.15) is 52.9 Å². The van der Waals surface area contributed by atoms with Gasteiger partial charge >= 0.3 is 0 Å². The summed E-state index contributed by atoms with van der Waals surface area (Å²) in [5, 5.41) is 9.10. The molecule has 1 fully saturated rings. The van der Waals surface area contributed by atoms with E-state index in [9.17, 15) is 0 Å². The standard InChI is InChI=1S/C15H26O/c1-11-5-4-9-15(3)13(11)6-7-14(15)12(2)8-10-16/h7,11-13,16H,4-6,8-10H2,1-3H3/t11-,12+,13+,15+/m1/s1. The molecule has 16 heavy (non-hydrogen) atoms. The average Bonchev–Trinajstić information content (AvgIpc) is 2.57. The van der Waals surface area contributed by atoms with Gasteiger partial charge in [-0.1, -0.05) is 45.3 Å². The average molecular weight is 222 g/mol. The Bertz CT molecular complexity index is 281. The molecule has 0 radical (unpaired) electrons. The minimum Gasteiger partial charge on any atom is -0.396 e. The molecule has 0 amide bonds. The van der Waals surface area contributed by atoms with Crippen LogP contribution in [0.4, 0.5) is 0 Å². The maximum Gasteiger partial charge on any atom is 0.0436 e. The van der Waals surface area contributed by atoms with Crippen molar-refractivity contribution in [1.82, 2.24) is 0 Å². The van der Waals surface area contributed by atoms with Crippen molar-refractivity contribution < 1.29 is 5.11 Å². The predicted molar refractivity (Wildman–Crippen MR) is 68.2 cm³/mol. The molecule has 0 aromatic rings. The van der Waals surface area contributed by atoms with E-state index in [1.54, 1.807) is 5.57 Å². The molecule has 1 saturated carbocycles. The Hall–Kier alpha value is -0.300. The van der Waals surface area contributed by atoms with E-state index in [1.165, 1.54) is 25.7 Å². The van der Waals surface area contributed by atoms with Crippen molar-refractivity contribution in [2.75, 3.05) is 6.61 Å². The SMILES string of the molecule is C[C@@H]1CCC[C@]2(C)C([C@@H](C)CCO)=CC[C@@H]12. The van der Waals surface area contributed by atoms with Crippen LogP contribution in [0.3, 0.4) is 0 Å². The largest absolute Gasteiger partial charge is 0.396 e. The first-order chi connectivity index (χ1) is 7.59. The molecule has 2 aliphatic carbocycles. The molecule has 2 aliphatic rings. The van der Waals surface area contributed by atoms with Gasteiger partial charge in [0.1, 0.15) is 0 Å². The summed E-state index contributed by atoms with van der Waals surface area (Å²) in [6, 6.07) is 0. The quantitative estimate of drug-likeness (QED) is 0.721. The molecular weight excluding hydrogens is 196 g/mol. The van der Waals surface area contributed by atoms with E-state index in [1.807, 2.05) is 0 Å². The molecule has 0 heterocycles. The minimum absolute atomic E-state index is 0.328. The fourth-order valence-corrected chi connectivity index (χ4v) is 4.26. The van der Waals surface area contributed by atoms with Gasteiger partial charge in [0.2, 0.25) is 0 Å². The van der Waals surface area contributed by atoms with Gasteiger partial charge in [0, 0.05) is 6.61 Å². The number of hydrogen-bond donors (Lipinski definition) is 1. The van der Waals surface area contributed by atoms with Gasteiger partial charge in [0.25, 0.3) is 0 Å². The van der Waals surface area contributed by atoms with Crippen molar-refractivity contribution in [3.8, 4) is 0 Å². The number of aliphatic hydroxyl groups is 1. The molecule has 0 aliphatic heterocycles. The lowest BCUT2D eigenvalue weighted by Crippen LogP contribution is -2.35. The Morgan fingerprint density at radius 3 is 3.00 bits per heavy atom. The molecule has 1 heteroatoms. The summed E-state index contributed by atoms with van der Waals surface area (Å²) in [7, 11) is 0. The number of aliphatic hydroxyl groups excluding tert-OH is 1. The highest BCUT2D eigenvalue weighted by Crippen LogP contribution is 2.56. The monoisotopic (exact) mass is 222 g/mol. The molecule has 92 valence electrons. The molecule has 0 bridgehead atoms. The van der Waals surface area contributed by atoms with Gasteiger partial charge in [-0.25, -0.2) is 0 Å². The lowest BCUT2D eigenvalue weighted by molar-refractivity contribution is 0.108. The summed E-state index contributed by atoms with van der Waals surface area (Å²) >= 11 is 0. The Balaban J connectivity index is 2.16. The van der Waals surface area contributed by atoms with Crippen molar-refractivity contribution in [2.45, 2.75) is 52.9 Å².